The second-order valence-corrected chi connectivity index (χ2v) is 5.14. The summed E-state index contributed by atoms with van der Waals surface area (Å²) < 4.78 is 20.9. The molecule has 0 aliphatic carbocycles. The number of rotatable bonds is 4. The maximum Gasteiger partial charge on any atom is 0.414 e. The van der Waals surface area contributed by atoms with Crippen molar-refractivity contribution in [1.82, 2.24) is 0 Å². The fourth-order valence-corrected chi connectivity index (χ4v) is 2.89. The first-order valence-electron chi connectivity index (χ1n) is 7.22. The van der Waals surface area contributed by atoms with Crippen LogP contribution in [0.15, 0.2) is 6.07 Å². The highest BCUT2D eigenvalue weighted by atomic mass is 16.6. The van der Waals surface area contributed by atoms with Gasteiger partial charge in [0, 0.05) is 5.56 Å². The molecule has 0 aromatic heterocycles. The van der Waals surface area contributed by atoms with Gasteiger partial charge >= 0.3 is 12.2 Å². The van der Waals surface area contributed by atoms with Gasteiger partial charge in [-0.05, 0) is 13.0 Å². The predicted molar refractivity (Wildman–Crippen MR) is 81.7 cm³/mol. The minimum Gasteiger partial charge on any atom is -0.494 e. The molecule has 23 heavy (non-hydrogen) atoms. The van der Waals surface area contributed by atoms with Gasteiger partial charge in [-0.25, -0.2) is 9.59 Å². The van der Waals surface area contributed by atoms with E-state index < -0.39 is 12.2 Å². The van der Waals surface area contributed by atoms with E-state index in [4.69, 9.17) is 18.9 Å². The van der Waals surface area contributed by atoms with Crippen LogP contribution in [0.2, 0.25) is 0 Å². The van der Waals surface area contributed by atoms with Crippen molar-refractivity contribution in [3.05, 3.63) is 11.6 Å². The third kappa shape index (κ3) is 2.39. The number of hydrogen-bond donors (Lipinski definition) is 0. The van der Waals surface area contributed by atoms with Crippen LogP contribution >= 0.6 is 0 Å². The third-order valence-electron chi connectivity index (χ3n) is 3.93. The second-order valence-electron chi connectivity index (χ2n) is 5.14. The molecular formula is C15H18N2O6. The predicted octanol–water partition coefficient (Wildman–Crippen LogP) is 1.93. The molecule has 0 N–H and O–H groups in total. The maximum absolute atomic E-state index is 11.9. The number of benzene rings is 1. The van der Waals surface area contributed by atoms with E-state index in [1.807, 2.05) is 6.92 Å². The summed E-state index contributed by atoms with van der Waals surface area (Å²) in [5.41, 5.74) is 1.79. The van der Waals surface area contributed by atoms with Crippen LogP contribution in [-0.2, 0) is 9.47 Å². The van der Waals surface area contributed by atoms with Crippen LogP contribution in [-0.4, -0.2) is 52.7 Å². The van der Waals surface area contributed by atoms with E-state index in [0.717, 1.165) is 0 Å². The van der Waals surface area contributed by atoms with Gasteiger partial charge in [-0.1, -0.05) is 0 Å². The minimum atomic E-state index is -0.442. The Morgan fingerprint density at radius 1 is 0.913 bits per heavy atom. The number of carbonyl (C=O) groups is 2. The summed E-state index contributed by atoms with van der Waals surface area (Å²) in [6.07, 6.45) is -0.884. The Bertz CT molecular complexity index is 608. The molecule has 2 fully saturated rings. The van der Waals surface area contributed by atoms with Crippen LogP contribution < -0.4 is 19.3 Å². The quantitative estimate of drug-likeness (QED) is 0.843. The molecule has 2 heterocycles. The highest BCUT2D eigenvalue weighted by molar-refractivity contribution is 5.97. The van der Waals surface area contributed by atoms with E-state index in [1.54, 1.807) is 6.07 Å². The van der Waals surface area contributed by atoms with E-state index in [0.29, 0.717) is 54.7 Å². The first-order chi connectivity index (χ1) is 11.1. The molecule has 0 saturated carbocycles. The molecule has 124 valence electrons. The Morgan fingerprint density at radius 2 is 1.35 bits per heavy atom. The number of anilines is 2. The van der Waals surface area contributed by atoms with E-state index in [9.17, 15) is 9.59 Å². The zero-order valence-electron chi connectivity index (χ0n) is 13.2. The van der Waals surface area contributed by atoms with Crippen molar-refractivity contribution < 1.29 is 28.5 Å². The molecule has 3 rings (SSSR count). The molecule has 0 atom stereocenters. The summed E-state index contributed by atoms with van der Waals surface area (Å²) in [6.45, 7) is 3.28. The van der Waals surface area contributed by atoms with Crippen LogP contribution in [0.1, 0.15) is 5.56 Å². The number of amides is 2. The summed E-state index contributed by atoms with van der Waals surface area (Å²) in [5, 5.41) is 0. The first-order valence-corrected chi connectivity index (χ1v) is 7.22. The Balaban J connectivity index is 2.17. The summed E-state index contributed by atoms with van der Waals surface area (Å²) in [7, 11) is 3.05. The summed E-state index contributed by atoms with van der Waals surface area (Å²) in [5.74, 6) is 1.02. The average Bonchev–Trinajstić information content (AvgIpc) is 3.14. The summed E-state index contributed by atoms with van der Waals surface area (Å²) >= 11 is 0. The van der Waals surface area contributed by atoms with Gasteiger partial charge < -0.3 is 18.9 Å². The normalized spacial score (nSPS) is 17.3. The van der Waals surface area contributed by atoms with Gasteiger partial charge in [0.05, 0.1) is 38.7 Å². The van der Waals surface area contributed by atoms with E-state index in [-0.39, 0.29) is 0 Å². The number of carbonyl (C=O) groups excluding carboxylic acids is 2. The van der Waals surface area contributed by atoms with Gasteiger partial charge in [-0.2, -0.15) is 0 Å². The monoisotopic (exact) mass is 322 g/mol. The molecule has 0 bridgehead atoms. The van der Waals surface area contributed by atoms with Crippen LogP contribution in [0, 0.1) is 6.92 Å². The average molecular weight is 322 g/mol. The van der Waals surface area contributed by atoms with Crippen LogP contribution in [0.3, 0.4) is 0 Å². The van der Waals surface area contributed by atoms with E-state index in [1.165, 1.54) is 24.0 Å². The van der Waals surface area contributed by atoms with Crippen molar-refractivity contribution in [2.24, 2.45) is 0 Å². The van der Waals surface area contributed by atoms with Crippen LogP contribution in [0.25, 0.3) is 0 Å². The van der Waals surface area contributed by atoms with Gasteiger partial charge in [0.15, 0.2) is 0 Å². The Hall–Kier alpha value is -2.64. The molecule has 8 nitrogen and oxygen atoms in total. The summed E-state index contributed by atoms with van der Waals surface area (Å²) in [4.78, 5) is 26.8. The lowest BCUT2D eigenvalue weighted by Crippen LogP contribution is -2.27. The van der Waals surface area contributed by atoms with Crippen molar-refractivity contribution in [3.8, 4) is 11.5 Å². The lowest BCUT2D eigenvalue weighted by Gasteiger charge is -2.24. The summed E-state index contributed by atoms with van der Waals surface area (Å²) in [6, 6.07) is 1.70. The number of methoxy groups -OCH3 is 2. The maximum atomic E-state index is 11.9. The standard InChI is InChI=1S/C15H18N2O6/c1-9-12(20-2)10(16-4-6-22-14(16)18)8-11(13(9)21-3)17-5-7-23-15(17)19/h8H,4-7H2,1-3H3. The topological polar surface area (TPSA) is 77.5 Å². The fourth-order valence-electron chi connectivity index (χ4n) is 2.89. The molecule has 2 aliphatic heterocycles. The minimum absolute atomic E-state index is 0.314. The zero-order valence-corrected chi connectivity index (χ0v) is 13.2. The number of cyclic esters (lactones) is 2. The largest absolute Gasteiger partial charge is 0.494 e. The molecule has 2 amide bonds. The van der Waals surface area contributed by atoms with Gasteiger partial charge in [-0.3, -0.25) is 9.80 Å². The molecule has 2 aliphatic rings. The molecular weight excluding hydrogens is 304 g/mol. The first kappa shape index (κ1) is 15.3. The van der Waals surface area contributed by atoms with Gasteiger partial charge in [0.2, 0.25) is 0 Å². The lowest BCUT2D eigenvalue weighted by atomic mass is 10.1. The fraction of sp³-hybridized carbons (Fsp3) is 0.467. The lowest BCUT2D eigenvalue weighted by molar-refractivity contribution is 0.180. The Kier molecular flexibility index (Phi) is 3.89. The van der Waals surface area contributed by atoms with Crippen molar-refractivity contribution in [3.63, 3.8) is 0 Å². The Morgan fingerprint density at radius 3 is 1.65 bits per heavy atom. The molecule has 1 aromatic rings. The molecule has 1 aromatic carbocycles. The highest BCUT2D eigenvalue weighted by Gasteiger charge is 2.33. The highest BCUT2D eigenvalue weighted by Crippen LogP contribution is 2.45. The zero-order chi connectivity index (χ0) is 16.6. The van der Waals surface area contributed by atoms with Crippen molar-refractivity contribution >= 4 is 23.6 Å². The van der Waals surface area contributed by atoms with Crippen molar-refractivity contribution in [2.75, 3.05) is 50.3 Å². The van der Waals surface area contributed by atoms with E-state index >= 15 is 0 Å². The van der Waals surface area contributed by atoms with Gasteiger partial charge in [0.1, 0.15) is 24.7 Å². The van der Waals surface area contributed by atoms with Crippen molar-refractivity contribution in [2.45, 2.75) is 6.92 Å². The Labute approximate surface area is 133 Å². The number of ether oxygens (including phenoxy) is 4. The third-order valence-corrected chi connectivity index (χ3v) is 3.93. The molecule has 0 spiro atoms. The van der Waals surface area contributed by atoms with E-state index in [2.05, 4.69) is 0 Å². The smallest absolute Gasteiger partial charge is 0.414 e. The van der Waals surface area contributed by atoms with Crippen LogP contribution in [0.4, 0.5) is 21.0 Å². The SMILES string of the molecule is COc1c(N2CCOC2=O)cc(N2CCOC2=O)c(OC)c1C. The van der Waals surface area contributed by atoms with Gasteiger partial charge in [0.25, 0.3) is 0 Å². The molecule has 0 radical (unpaired) electrons. The van der Waals surface area contributed by atoms with Crippen LogP contribution in [0.5, 0.6) is 11.5 Å². The van der Waals surface area contributed by atoms with Gasteiger partial charge in [-0.15, -0.1) is 0 Å². The molecule has 2 saturated heterocycles. The van der Waals surface area contributed by atoms with Crippen molar-refractivity contribution in [1.29, 1.82) is 0 Å². The number of hydrogen-bond acceptors (Lipinski definition) is 6. The molecule has 0 unspecified atom stereocenters. The number of nitrogens with zero attached hydrogens (tertiary/aromatic N) is 2. The molecule has 8 heteroatoms. The second kappa shape index (κ2) is 5.86.